The third-order valence-corrected chi connectivity index (χ3v) is 4.52. The van der Waals surface area contributed by atoms with Gasteiger partial charge in [-0.1, -0.05) is 27.5 Å². The number of benzene rings is 1. The van der Waals surface area contributed by atoms with Crippen LogP contribution in [0.25, 0.3) is 0 Å². The molecule has 0 radical (unpaired) electrons. The molecule has 1 aromatic carbocycles. The van der Waals surface area contributed by atoms with Crippen molar-refractivity contribution in [3.05, 3.63) is 66.0 Å². The molecule has 0 aliphatic heterocycles. The highest BCUT2D eigenvalue weighted by Crippen LogP contribution is 2.25. The van der Waals surface area contributed by atoms with Crippen LogP contribution in [0.5, 0.6) is 0 Å². The standard InChI is InChI=1S/C16H16BrClN2O2/c1-8-4-9(2)20-16(22)13(8)7-19-15(21)12-5-11(18)6-14(17)10(12)3/h4-6H,7H2,1-3H3,(H,19,21)(H,20,22). The van der Waals surface area contributed by atoms with Crippen molar-refractivity contribution >= 4 is 33.4 Å². The highest BCUT2D eigenvalue weighted by atomic mass is 79.9. The molecular formula is C16H16BrClN2O2. The second-order valence-corrected chi connectivity index (χ2v) is 6.48. The predicted molar refractivity (Wildman–Crippen MR) is 91.6 cm³/mol. The van der Waals surface area contributed by atoms with E-state index in [1.165, 1.54) is 0 Å². The number of rotatable bonds is 3. The molecule has 4 nitrogen and oxygen atoms in total. The summed E-state index contributed by atoms with van der Waals surface area (Å²) in [4.78, 5) is 27.0. The molecule has 0 atom stereocenters. The SMILES string of the molecule is Cc1cc(C)c(CNC(=O)c2cc(Cl)cc(Br)c2C)c(=O)[nH]1. The van der Waals surface area contributed by atoms with Gasteiger partial charge in [-0.2, -0.15) is 0 Å². The van der Waals surface area contributed by atoms with E-state index in [2.05, 4.69) is 26.2 Å². The molecule has 1 amide bonds. The maximum atomic E-state index is 12.3. The van der Waals surface area contributed by atoms with E-state index >= 15 is 0 Å². The molecule has 0 saturated carbocycles. The van der Waals surface area contributed by atoms with E-state index in [0.717, 1.165) is 21.3 Å². The van der Waals surface area contributed by atoms with Gasteiger partial charge in [0.15, 0.2) is 0 Å². The van der Waals surface area contributed by atoms with Gasteiger partial charge in [0.25, 0.3) is 11.5 Å². The molecule has 2 rings (SSSR count). The van der Waals surface area contributed by atoms with Crippen molar-refractivity contribution in [1.82, 2.24) is 10.3 Å². The zero-order chi connectivity index (χ0) is 16.4. The lowest BCUT2D eigenvalue weighted by Crippen LogP contribution is -2.28. The van der Waals surface area contributed by atoms with E-state index < -0.39 is 0 Å². The summed E-state index contributed by atoms with van der Waals surface area (Å²) in [5.74, 6) is -0.264. The number of nitrogens with one attached hydrogen (secondary N) is 2. The van der Waals surface area contributed by atoms with Gasteiger partial charge in [-0.25, -0.2) is 0 Å². The van der Waals surface area contributed by atoms with Crippen molar-refractivity contribution in [3.8, 4) is 0 Å². The predicted octanol–water partition coefficient (Wildman–Crippen LogP) is 3.65. The Morgan fingerprint density at radius 1 is 1.27 bits per heavy atom. The van der Waals surface area contributed by atoms with Crippen LogP contribution in [0.1, 0.15) is 32.7 Å². The highest BCUT2D eigenvalue weighted by molar-refractivity contribution is 9.10. The fourth-order valence-electron chi connectivity index (χ4n) is 2.25. The first-order valence-electron chi connectivity index (χ1n) is 6.73. The van der Waals surface area contributed by atoms with E-state index in [9.17, 15) is 9.59 Å². The Kier molecular flexibility index (Phi) is 5.08. The number of amides is 1. The van der Waals surface area contributed by atoms with Crippen LogP contribution in [0.3, 0.4) is 0 Å². The van der Waals surface area contributed by atoms with Gasteiger partial charge in [-0.3, -0.25) is 9.59 Å². The van der Waals surface area contributed by atoms with Gasteiger partial charge < -0.3 is 10.3 Å². The molecule has 22 heavy (non-hydrogen) atoms. The lowest BCUT2D eigenvalue weighted by molar-refractivity contribution is 0.0950. The lowest BCUT2D eigenvalue weighted by Gasteiger charge is -2.11. The molecule has 2 aromatic rings. The molecule has 0 aliphatic rings. The monoisotopic (exact) mass is 382 g/mol. The Labute approximate surface area is 142 Å². The second kappa shape index (κ2) is 6.67. The average molecular weight is 384 g/mol. The number of hydrogen-bond donors (Lipinski definition) is 2. The third-order valence-electron chi connectivity index (χ3n) is 3.47. The molecule has 0 unspecified atom stereocenters. The largest absolute Gasteiger partial charge is 0.348 e. The first kappa shape index (κ1) is 16.8. The Morgan fingerprint density at radius 2 is 1.95 bits per heavy atom. The van der Waals surface area contributed by atoms with E-state index in [4.69, 9.17) is 11.6 Å². The summed E-state index contributed by atoms with van der Waals surface area (Å²) in [5.41, 5.74) is 3.31. The number of H-pyrrole nitrogens is 1. The van der Waals surface area contributed by atoms with E-state index in [1.807, 2.05) is 26.8 Å². The molecule has 0 aliphatic carbocycles. The zero-order valence-corrected chi connectivity index (χ0v) is 14.9. The number of halogens is 2. The van der Waals surface area contributed by atoms with E-state index in [0.29, 0.717) is 16.1 Å². The molecule has 6 heteroatoms. The summed E-state index contributed by atoms with van der Waals surface area (Å²) in [6, 6.07) is 5.23. The average Bonchev–Trinajstić information content (AvgIpc) is 2.41. The van der Waals surface area contributed by atoms with Crippen LogP contribution >= 0.6 is 27.5 Å². The van der Waals surface area contributed by atoms with Crippen molar-refractivity contribution in [3.63, 3.8) is 0 Å². The zero-order valence-electron chi connectivity index (χ0n) is 12.5. The summed E-state index contributed by atoms with van der Waals surface area (Å²) in [6.07, 6.45) is 0. The Bertz CT molecular complexity index is 799. The molecule has 0 fully saturated rings. The van der Waals surface area contributed by atoms with Gasteiger partial charge in [0.2, 0.25) is 0 Å². The first-order chi connectivity index (χ1) is 10.3. The molecule has 2 N–H and O–H groups in total. The number of hydrogen-bond acceptors (Lipinski definition) is 2. The maximum absolute atomic E-state index is 12.3. The van der Waals surface area contributed by atoms with Gasteiger partial charge in [0.1, 0.15) is 0 Å². The van der Waals surface area contributed by atoms with Gasteiger partial charge in [-0.15, -0.1) is 0 Å². The third kappa shape index (κ3) is 3.59. The van der Waals surface area contributed by atoms with Crippen LogP contribution in [0, 0.1) is 20.8 Å². The highest BCUT2D eigenvalue weighted by Gasteiger charge is 2.14. The van der Waals surface area contributed by atoms with Crippen molar-refractivity contribution in [2.45, 2.75) is 27.3 Å². The van der Waals surface area contributed by atoms with Crippen LogP contribution in [-0.2, 0) is 6.54 Å². The first-order valence-corrected chi connectivity index (χ1v) is 7.90. The number of carbonyl (C=O) groups excluding carboxylic acids is 1. The quantitative estimate of drug-likeness (QED) is 0.850. The number of carbonyl (C=O) groups is 1. The minimum absolute atomic E-state index is 0.170. The molecule has 0 bridgehead atoms. The summed E-state index contributed by atoms with van der Waals surface area (Å²) >= 11 is 9.36. The molecular weight excluding hydrogens is 368 g/mol. The topological polar surface area (TPSA) is 62.0 Å². The summed E-state index contributed by atoms with van der Waals surface area (Å²) in [7, 11) is 0. The number of aromatic nitrogens is 1. The summed E-state index contributed by atoms with van der Waals surface area (Å²) < 4.78 is 0.773. The Balaban J connectivity index is 2.23. The van der Waals surface area contributed by atoms with Crippen LogP contribution < -0.4 is 10.9 Å². The van der Waals surface area contributed by atoms with Crippen LogP contribution in [0.4, 0.5) is 0 Å². The van der Waals surface area contributed by atoms with Gasteiger partial charge in [0.05, 0.1) is 0 Å². The Morgan fingerprint density at radius 3 is 2.59 bits per heavy atom. The van der Waals surface area contributed by atoms with E-state index in [1.54, 1.807) is 12.1 Å². The maximum Gasteiger partial charge on any atom is 0.253 e. The van der Waals surface area contributed by atoms with Crippen LogP contribution in [0.15, 0.2) is 27.5 Å². The van der Waals surface area contributed by atoms with Crippen LogP contribution in [-0.4, -0.2) is 10.9 Å². The van der Waals surface area contributed by atoms with Crippen molar-refractivity contribution < 1.29 is 4.79 Å². The normalized spacial score (nSPS) is 10.6. The van der Waals surface area contributed by atoms with Crippen molar-refractivity contribution in [2.24, 2.45) is 0 Å². The number of aryl methyl sites for hydroxylation is 2. The van der Waals surface area contributed by atoms with Gasteiger partial charge in [0, 0.05) is 32.9 Å². The number of aromatic amines is 1. The van der Waals surface area contributed by atoms with Crippen molar-refractivity contribution in [2.75, 3.05) is 0 Å². The molecule has 0 spiro atoms. The van der Waals surface area contributed by atoms with Gasteiger partial charge in [-0.05, 0) is 50.1 Å². The fourth-order valence-corrected chi connectivity index (χ4v) is 3.06. The number of pyridine rings is 1. The fraction of sp³-hybridized carbons (Fsp3) is 0.250. The Hall–Kier alpha value is -1.59. The molecule has 1 aromatic heterocycles. The minimum atomic E-state index is -0.264. The molecule has 1 heterocycles. The van der Waals surface area contributed by atoms with Crippen LogP contribution in [0.2, 0.25) is 5.02 Å². The molecule has 116 valence electrons. The minimum Gasteiger partial charge on any atom is -0.348 e. The summed E-state index contributed by atoms with van der Waals surface area (Å²) in [5, 5.41) is 3.25. The van der Waals surface area contributed by atoms with E-state index in [-0.39, 0.29) is 18.0 Å². The van der Waals surface area contributed by atoms with Gasteiger partial charge >= 0.3 is 0 Å². The second-order valence-electron chi connectivity index (χ2n) is 5.19. The lowest BCUT2D eigenvalue weighted by atomic mass is 10.1. The van der Waals surface area contributed by atoms with Crippen molar-refractivity contribution in [1.29, 1.82) is 0 Å². The molecule has 0 saturated heterocycles. The summed E-state index contributed by atoms with van der Waals surface area (Å²) in [6.45, 7) is 5.68. The smallest absolute Gasteiger partial charge is 0.253 e.